The van der Waals surface area contributed by atoms with Gasteiger partial charge in [0.05, 0.1) is 0 Å². The topological polar surface area (TPSA) is 71.1 Å². The van der Waals surface area contributed by atoms with Crippen LogP contribution in [0.2, 0.25) is 0 Å². The Kier molecular flexibility index (Phi) is 7.39. The number of hydrogen-bond donors (Lipinski definition) is 2. The summed E-state index contributed by atoms with van der Waals surface area (Å²) in [4.78, 5) is 29.4. The first-order valence-corrected chi connectivity index (χ1v) is 10.7. The average Bonchev–Trinajstić information content (AvgIpc) is 2.78. The normalized spacial score (nSPS) is 18.8. The number of nitrogens with zero attached hydrogens (tertiary/aromatic N) is 1. The first kappa shape index (κ1) is 21.0. The smallest absolute Gasteiger partial charge is 0.227 e. The van der Waals surface area contributed by atoms with E-state index in [1.165, 1.54) is 11.1 Å². The quantitative estimate of drug-likeness (QED) is 0.738. The Morgan fingerprint density at radius 1 is 0.931 bits per heavy atom. The van der Waals surface area contributed by atoms with Gasteiger partial charge in [-0.05, 0) is 61.3 Å². The molecule has 0 saturated heterocycles. The SMILES string of the molecule is CCc1cccc(CC)c1NC(=O)C1CCC(C(=O)NCc2cccnc2)CC1. The molecule has 5 nitrogen and oxygen atoms in total. The maximum atomic E-state index is 12.9. The molecule has 0 bridgehead atoms. The third-order valence-corrected chi connectivity index (χ3v) is 5.91. The molecule has 1 aromatic heterocycles. The van der Waals surface area contributed by atoms with Gasteiger partial charge < -0.3 is 10.6 Å². The van der Waals surface area contributed by atoms with Crippen LogP contribution in [0.25, 0.3) is 0 Å². The zero-order valence-electron chi connectivity index (χ0n) is 17.4. The van der Waals surface area contributed by atoms with Gasteiger partial charge in [-0.15, -0.1) is 0 Å². The molecule has 1 heterocycles. The Bertz CT molecular complexity index is 805. The van der Waals surface area contributed by atoms with Crippen molar-refractivity contribution in [1.82, 2.24) is 10.3 Å². The van der Waals surface area contributed by atoms with Crippen LogP contribution in [0.1, 0.15) is 56.2 Å². The zero-order valence-corrected chi connectivity index (χ0v) is 17.4. The molecule has 1 aliphatic carbocycles. The average molecular weight is 394 g/mol. The molecule has 0 atom stereocenters. The number of anilines is 1. The molecule has 0 spiro atoms. The highest BCUT2D eigenvalue weighted by Gasteiger charge is 2.30. The van der Waals surface area contributed by atoms with Crippen LogP contribution in [0.5, 0.6) is 0 Å². The van der Waals surface area contributed by atoms with Gasteiger partial charge in [0, 0.05) is 36.5 Å². The molecule has 2 N–H and O–H groups in total. The minimum Gasteiger partial charge on any atom is -0.352 e. The summed E-state index contributed by atoms with van der Waals surface area (Å²) in [6, 6.07) is 10.0. The molecule has 2 amide bonds. The highest BCUT2D eigenvalue weighted by molar-refractivity contribution is 5.94. The fraction of sp³-hybridized carbons (Fsp3) is 0.458. The van der Waals surface area contributed by atoms with Crippen molar-refractivity contribution in [3.8, 4) is 0 Å². The second-order valence-corrected chi connectivity index (χ2v) is 7.78. The molecule has 3 rings (SSSR count). The number of aryl methyl sites for hydroxylation is 2. The molecule has 1 saturated carbocycles. The summed E-state index contributed by atoms with van der Waals surface area (Å²) in [5.74, 6) is 0.143. The van der Waals surface area contributed by atoms with Gasteiger partial charge in [0.25, 0.3) is 0 Å². The molecular weight excluding hydrogens is 362 g/mol. The van der Waals surface area contributed by atoms with Crippen molar-refractivity contribution in [2.45, 2.75) is 58.9 Å². The molecule has 29 heavy (non-hydrogen) atoms. The first-order chi connectivity index (χ1) is 14.1. The predicted octanol–water partition coefficient (Wildman–Crippen LogP) is 4.27. The van der Waals surface area contributed by atoms with E-state index in [-0.39, 0.29) is 23.7 Å². The Hall–Kier alpha value is -2.69. The van der Waals surface area contributed by atoms with Crippen molar-refractivity contribution in [2.24, 2.45) is 11.8 Å². The number of aromatic nitrogens is 1. The van der Waals surface area contributed by atoms with E-state index in [1.807, 2.05) is 12.1 Å². The summed E-state index contributed by atoms with van der Waals surface area (Å²) in [5.41, 5.74) is 4.34. The number of nitrogens with one attached hydrogen (secondary N) is 2. The highest BCUT2D eigenvalue weighted by Crippen LogP contribution is 2.31. The maximum absolute atomic E-state index is 12.9. The third-order valence-electron chi connectivity index (χ3n) is 5.91. The van der Waals surface area contributed by atoms with E-state index in [2.05, 4.69) is 47.7 Å². The lowest BCUT2D eigenvalue weighted by atomic mass is 9.81. The van der Waals surface area contributed by atoms with E-state index >= 15 is 0 Å². The van der Waals surface area contributed by atoms with Crippen LogP contribution < -0.4 is 10.6 Å². The number of benzene rings is 1. The second-order valence-electron chi connectivity index (χ2n) is 7.78. The summed E-state index contributed by atoms with van der Waals surface area (Å²) < 4.78 is 0. The fourth-order valence-corrected chi connectivity index (χ4v) is 4.08. The number of rotatable bonds is 7. The molecule has 0 aliphatic heterocycles. The lowest BCUT2D eigenvalue weighted by molar-refractivity contribution is -0.128. The van der Waals surface area contributed by atoms with Crippen molar-refractivity contribution in [3.05, 3.63) is 59.4 Å². The van der Waals surface area contributed by atoms with Crippen LogP contribution >= 0.6 is 0 Å². The van der Waals surface area contributed by atoms with E-state index in [9.17, 15) is 9.59 Å². The van der Waals surface area contributed by atoms with E-state index in [0.717, 1.165) is 49.8 Å². The number of hydrogen-bond acceptors (Lipinski definition) is 3. The maximum Gasteiger partial charge on any atom is 0.227 e. The van der Waals surface area contributed by atoms with Gasteiger partial charge in [-0.3, -0.25) is 14.6 Å². The zero-order chi connectivity index (χ0) is 20.6. The van der Waals surface area contributed by atoms with Gasteiger partial charge in [0.2, 0.25) is 11.8 Å². The number of pyridine rings is 1. The summed E-state index contributed by atoms with van der Waals surface area (Å²) in [5, 5.41) is 6.20. The molecule has 1 fully saturated rings. The van der Waals surface area contributed by atoms with E-state index in [0.29, 0.717) is 6.54 Å². The Morgan fingerprint density at radius 2 is 1.55 bits per heavy atom. The molecular formula is C24H31N3O2. The van der Waals surface area contributed by atoms with Gasteiger partial charge in [0.1, 0.15) is 0 Å². The molecule has 1 aliphatic rings. The number of carbonyl (C=O) groups is 2. The first-order valence-electron chi connectivity index (χ1n) is 10.7. The van der Waals surface area contributed by atoms with Crippen LogP contribution in [-0.2, 0) is 29.0 Å². The van der Waals surface area contributed by atoms with Crippen molar-refractivity contribution in [1.29, 1.82) is 0 Å². The molecule has 154 valence electrons. The van der Waals surface area contributed by atoms with Gasteiger partial charge in [0.15, 0.2) is 0 Å². The van der Waals surface area contributed by atoms with E-state index < -0.39 is 0 Å². The van der Waals surface area contributed by atoms with Crippen molar-refractivity contribution in [2.75, 3.05) is 5.32 Å². The minimum atomic E-state index is -0.0213. The summed E-state index contributed by atoms with van der Waals surface area (Å²) in [6.45, 7) is 4.72. The van der Waals surface area contributed by atoms with Crippen LogP contribution in [0.3, 0.4) is 0 Å². The summed E-state index contributed by atoms with van der Waals surface area (Å²) in [6.07, 6.45) is 8.31. The highest BCUT2D eigenvalue weighted by atomic mass is 16.2. The van der Waals surface area contributed by atoms with Crippen LogP contribution in [-0.4, -0.2) is 16.8 Å². The fourth-order valence-electron chi connectivity index (χ4n) is 4.08. The van der Waals surface area contributed by atoms with Gasteiger partial charge in [-0.25, -0.2) is 0 Å². The number of carbonyl (C=O) groups excluding carboxylic acids is 2. The third kappa shape index (κ3) is 5.43. The largest absolute Gasteiger partial charge is 0.352 e. The summed E-state index contributed by atoms with van der Waals surface area (Å²) in [7, 11) is 0. The molecule has 2 aromatic rings. The molecule has 0 radical (unpaired) electrons. The van der Waals surface area contributed by atoms with Gasteiger partial charge in [-0.2, -0.15) is 0 Å². The predicted molar refractivity (Wildman–Crippen MR) is 115 cm³/mol. The molecule has 0 unspecified atom stereocenters. The lowest BCUT2D eigenvalue weighted by Gasteiger charge is -2.27. The van der Waals surface area contributed by atoms with Gasteiger partial charge >= 0.3 is 0 Å². The second kappa shape index (κ2) is 10.2. The van der Waals surface area contributed by atoms with Crippen molar-refractivity contribution >= 4 is 17.5 Å². The summed E-state index contributed by atoms with van der Waals surface area (Å²) >= 11 is 0. The molecule has 1 aromatic carbocycles. The van der Waals surface area contributed by atoms with Crippen LogP contribution in [0.15, 0.2) is 42.7 Å². The number of para-hydroxylation sites is 1. The Balaban J connectivity index is 1.51. The van der Waals surface area contributed by atoms with Crippen molar-refractivity contribution in [3.63, 3.8) is 0 Å². The Morgan fingerprint density at radius 3 is 2.10 bits per heavy atom. The molecule has 5 heteroatoms. The Labute approximate surface area is 173 Å². The number of amides is 2. The van der Waals surface area contributed by atoms with E-state index in [4.69, 9.17) is 0 Å². The minimum absolute atomic E-state index is 0.00940. The van der Waals surface area contributed by atoms with Gasteiger partial charge in [-0.1, -0.05) is 38.1 Å². The monoisotopic (exact) mass is 393 g/mol. The standard InChI is InChI=1S/C24H31N3O2/c1-3-18-8-5-9-19(4-2)22(18)27-24(29)21-12-10-20(11-13-21)23(28)26-16-17-7-6-14-25-15-17/h5-9,14-15,20-21H,3-4,10-13,16H2,1-2H3,(H,26,28)(H,27,29). The van der Waals surface area contributed by atoms with Crippen molar-refractivity contribution < 1.29 is 9.59 Å². The van der Waals surface area contributed by atoms with Crippen LogP contribution in [0.4, 0.5) is 5.69 Å². The lowest BCUT2D eigenvalue weighted by Crippen LogP contribution is -2.35. The van der Waals surface area contributed by atoms with Crippen LogP contribution in [0, 0.1) is 11.8 Å². The van der Waals surface area contributed by atoms with E-state index in [1.54, 1.807) is 12.4 Å².